The summed E-state index contributed by atoms with van der Waals surface area (Å²) in [6, 6.07) is 16.6. The third-order valence-corrected chi connectivity index (χ3v) is 3.94. The van der Waals surface area contributed by atoms with E-state index in [0.29, 0.717) is 0 Å². The van der Waals surface area contributed by atoms with Crippen LogP contribution in [0, 0.1) is 0 Å². The molecule has 1 N–H and O–H groups in total. The van der Waals surface area contributed by atoms with Crippen molar-refractivity contribution in [2.75, 3.05) is 7.05 Å². The number of halogens is 1. The minimum atomic E-state index is 0.0279. The maximum atomic E-state index is 6.15. The van der Waals surface area contributed by atoms with Gasteiger partial charge in [-0.25, -0.2) is 0 Å². The molecule has 0 saturated carbocycles. The Hall–Kier alpha value is -1.32. The van der Waals surface area contributed by atoms with E-state index < -0.39 is 0 Å². The smallest absolute Gasteiger partial charge is 0.125 e. The van der Waals surface area contributed by atoms with E-state index >= 15 is 0 Å². The van der Waals surface area contributed by atoms with Gasteiger partial charge in [-0.1, -0.05) is 46.3 Å². The van der Waals surface area contributed by atoms with Crippen LogP contribution in [0.25, 0.3) is 0 Å². The number of nitrogens with one attached hydrogen (secondary N) is 1. The van der Waals surface area contributed by atoms with Crippen molar-refractivity contribution < 1.29 is 4.74 Å². The molecular weight excluding hydrogens is 314 g/mol. The van der Waals surface area contributed by atoms with Crippen LogP contribution < -0.4 is 10.1 Å². The Bertz CT molecular complexity index is 556. The summed E-state index contributed by atoms with van der Waals surface area (Å²) in [4.78, 5) is 0. The summed E-state index contributed by atoms with van der Waals surface area (Å²) >= 11 is 3.52. The van der Waals surface area contributed by atoms with Crippen LogP contribution in [0.3, 0.4) is 0 Å². The summed E-state index contributed by atoms with van der Waals surface area (Å²) in [7, 11) is 1.95. The third-order valence-electron chi connectivity index (χ3n) is 3.44. The van der Waals surface area contributed by atoms with E-state index in [1.165, 1.54) is 5.56 Å². The molecule has 0 fully saturated rings. The summed E-state index contributed by atoms with van der Waals surface area (Å²) in [5.41, 5.74) is 2.34. The highest BCUT2D eigenvalue weighted by atomic mass is 79.9. The van der Waals surface area contributed by atoms with Gasteiger partial charge < -0.3 is 10.1 Å². The molecule has 2 atom stereocenters. The zero-order valence-electron chi connectivity index (χ0n) is 12.1. The van der Waals surface area contributed by atoms with Crippen molar-refractivity contribution in [1.82, 2.24) is 5.32 Å². The molecule has 2 nitrogen and oxygen atoms in total. The van der Waals surface area contributed by atoms with Crippen molar-refractivity contribution in [2.24, 2.45) is 0 Å². The van der Waals surface area contributed by atoms with Crippen LogP contribution in [0.5, 0.6) is 5.75 Å². The molecule has 2 aromatic rings. The van der Waals surface area contributed by atoms with Crippen LogP contribution >= 0.6 is 15.9 Å². The van der Waals surface area contributed by atoms with Crippen LogP contribution in [0.1, 0.15) is 37.1 Å². The van der Waals surface area contributed by atoms with Crippen molar-refractivity contribution in [2.45, 2.75) is 26.0 Å². The summed E-state index contributed by atoms with van der Waals surface area (Å²) in [6.07, 6.45) is 0.0279. The highest BCUT2D eigenvalue weighted by molar-refractivity contribution is 9.10. The summed E-state index contributed by atoms with van der Waals surface area (Å²) < 4.78 is 7.21. The SMILES string of the molecule is CNC(C)c1cc(Br)ccc1OC(C)c1ccccc1. The van der Waals surface area contributed by atoms with Gasteiger partial charge in [0.15, 0.2) is 0 Å². The van der Waals surface area contributed by atoms with E-state index in [1.54, 1.807) is 0 Å². The van der Waals surface area contributed by atoms with Gasteiger partial charge in [-0.2, -0.15) is 0 Å². The van der Waals surface area contributed by atoms with Crippen molar-refractivity contribution in [3.05, 3.63) is 64.1 Å². The fourth-order valence-corrected chi connectivity index (χ4v) is 2.48. The molecule has 0 radical (unpaired) electrons. The Labute approximate surface area is 129 Å². The second-order valence-electron chi connectivity index (χ2n) is 4.86. The van der Waals surface area contributed by atoms with Gasteiger partial charge in [-0.05, 0) is 44.7 Å². The molecule has 2 unspecified atom stereocenters. The third kappa shape index (κ3) is 3.62. The molecular formula is C17H20BrNO. The number of rotatable bonds is 5. The first-order valence-electron chi connectivity index (χ1n) is 6.80. The lowest BCUT2D eigenvalue weighted by Crippen LogP contribution is -2.14. The lowest BCUT2D eigenvalue weighted by atomic mass is 10.1. The standard InChI is InChI=1S/C17H20BrNO/c1-12(19-3)16-11-15(18)9-10-17(16)20-13(2)14-7-5-4-6-8-14/h4-13,19H,1-3H3. The fourth-order valence-electron chi connectivity index (χ4n) is 2.10. The molecule has 2 aromatic carbocycles. The number of hydrogen-bond donors (Lipinski definition) is 1. The first-order valence-corrected chi connectivity index (χ1v) is 7.59. The first-order chi connectivity index (χ1) is 9.61. The van der Waals surface area contributed by atoms with Gasteiger partial charge in [0.2, 0.25) is 0 Å². The van der Waals surface area contributed by atoms with Crippen molar-refractivity contribution in [3.63, 3.8) is 0 Å². The van der Waals surface area contributed by atoms with Crippen molar-refractivity contribution >= 4 is 15.9 Å². The van der Waals surface area contributed by atoms with E-state index in [0.717, 1.165) is 15.8 Å². The minimum absolute atomic E-state index is 0.0279. The number of benzene rings is 2. The molecule has 2 rings (SSSR count). The van der Waals surface area contributed by atoms with Gasteiger partial charge in [0.25, 0.3) is 0 Å². The first kappa shape index (κ1) is 15.1. The molecule has 0 heterocycles. The molecule has 0 aliphatic carbocycles. The molecule has 0 aliphatic heterocycles. The van der Waals surface area contributed by atoms with Crippen LogP contribution in [0.2, 0.25) is 0 Å². The largest absolute Gasteiger partial charge is 0.486 e. The summed E-state index contributed by atoms with van der Waals surface area (Å²) in [5.74, 6) is 0.923. The quantitative estimate of drug-likeness (QED) is 0.842. The van der Waals surface area contributed by atoms with Gasteiger partial charge in [0, 0.05) is 16.1 Å². The highest BCUT2D eigenvalue weighted by Gasteiger charge is 2.14. The zero-order valence-corrected chi connectivity index (χ0v) is 13.6. The van der Waals surface area contributed by atoms with Crippen LogP contribution in [-0.4, -0.2) is 7.05 Å². The van der Waals surface area contributed by atoms with Gasteiger partial charge in [0.1, 0.15) is 11.9 Å². The van der Waals surface area contributed by atoms with E-state index in [1.807, 2.05) is 37.4 Å². The Balaban J connectivity index is 2.25. The van der Waals surface area contributed by atoms with Gasteiger partial charge in [-0.15, -0.1) is 0 Å². The predicted molar refractivity (Wildman–Crippen MR) is 87.1 cm³/mol. The topological polar surface area (TPSA) is 21.3 Å². The minimum Gasteiger partial charge on any atom is -0.486 e. The highest BCUT2D eigenvalue weighted by Crippen LogP contribution is 2.31. The maximum Gasteiger partial charge on any atom is 0.125 e. The second kappa shape index (κ2) is 6.91. The van der Waals surface area contributed by atoms with Crippen LogP contribution in [0.15, 0.2) is 53.0 Å². The Morgan fingerprint density at radius 2 is 1.75 bits per heavy atom. The molecule has 0 bridgehead atoms. The normalized spacial score (nSPS) is 13.8. The second-order valence-corrected chi connectivity index (χ2v) is 5.78. The Kier molecular flexibility index (Phi) is 5.21. The average Bonchev–Trinajstić information content (AvgIpc) is 2.49. The van der Waals surface area contributed by atoms with Crippen LogP contribution in [0.4, 0.5) is 0 Å². The van der Waals surface area contributed by atoms with Gasteiger partial charge in [-0.3, -0.25) is 0 Å². The molecule has 0 saturated heterocycles. The Morgan fingerprint density at radius 3 is 2.40 bits per heavy atom. The average molecular weight is 334 g/mol. The van der Waals surface area contributed by atoms with Crippen molar-refractivity contribution in [3.8, 4) is 5.75 Å². The molecule has 0 aliphatic rings. The number of ether oxygens (including phenoxy) is 1. The molecule has 0 aromatic heterocycles. The van der Waals surface area contributed by atoms with E-state index in [2.05, 4.69) is 53.3 Å². The predicted octanol–water partition coefficient (Wildman–Crippen LogP) is 4.87. The summed E-state index contributed by atoms with van der Waals surface area (Å²) in [6.45, 7) is 4.20. The van der Waals surface area contributed by atoms with E-state index in [4.69, 9.17) is 4.74 Å². The van der Waals surface area contributed by atoms with Gasteiger partial charge in [0.05, 0.1) is 0 Å². The molecule has 3 heteroatoms. The van der Waals surface area contributed by atoms with Crippen molar-refractivity contribution in [1.29, 1.82) is 0 Å². The molecule has 106 valence electrons. The molecule has 0 amide bonds. The van der Waals surface area contributed by atoms with Crippen LogP contribution in [-0.2, 0) is 0 Å². The lowest BCUT2D eigenvalue weighted by molar-refractivity contribution is 0.223. The van der Waals surface area contributed by atoms with E-state index in [-0.39, 0.29) is 12.1 Å². The maximum absolute atomic E-state index is 6.15. The van der Waals surface area contributed by atoms with Gasteiger partial charge >= 0.3 is 0 Å². The molecule has 20 heavy (non-hydrogen) atoms. The molecule has 0 spiro atoms. The lowest BCUT2D eigenvalue weighted by Gasteiger charge is -2.21. The summed E-state index contributed by atoms with van der Waals surface area (Å²) in [5, 5.41) is 3.26. The monoisotopic (exact) mass is 333 g/mol. The fraction of sp³-hybridized carbons (Fsp3) is 0.294. The Morgan fingerprint density at radius 1 is 1.05 bits per heavy atom. The number of hydrogen-bond acceptors (Lipinski definition) is 2. The zero-order chi connectivity index (χ0) is 14.5. The van der Waals surface area contributed by atoms with E-state index in [9.17, 15) is 0 Å².